The second kappa shape index (κ2) is 8.94. The Morgan fingerprint density at radius 3 is 2.76 bits per heavy atom. The molecule has 0 aliphatic carbocycles. The zero-order chi connectivity index (χ0) is 20.2. The number of halogens is 1. The summed E-state index contributed by atoms with van der Waals surface area (Å²) in [7, 11) is 1.87. The van der Waals surface area contributed by atoms with Gasteiger partial charge in [0, 0.05) is 17.8 Å². The van der Waals surface area contributed by atoms with Gasteiger partial charge < -0.3 is 23.9 Å². The number of para-hydroxylation sites is 2. The number of hydrogen-bond acceptors (Lipinski definition) is 7. The lowest BCUT2D eigenvalue weighted by Crippen LogP contribution is -2.24. The van der Waals surface area contributed by atoms with Crippen LogP contribution in [0.25, 0.3) is 0 Å². The summed E-state index contributed by atoms with van der Waals surface area (Å²) in [4.78, 5) is 0. The lowest BCUT2D eigenvalue weighted by atomic mass is 10.2. The van der Waals surface area contributed by atoms with Crippen LogP contribution < -0.4 is 14.2 Å². The summed E-state index contributed by atoms with van der Waals surface area (Å²) < 4.78 is 19.2. The number of rotatable bonds is 7. The molecule has 0 amide bonds. The van der Waals surface area contributed by atoms with E-state index in [-0.39, 0.29) is 12.7 Å². The Bertz CT molecular complexity index is 967. The summed E-state index contributed by atoms with van der Waals surface area (Å²) in [6, 6.07) is 14.6. The number of aliphatic hydroxyl groups is 1. The highest BCUT2D eigenvalue weighted by Gasteiger charge is 2.27. The number of fused-ring (bicyclic) bond motifs is 1. The van der Waals surface area contributed by atoms with Crippen molar-refractivity contribution >= 4 is 23.4 Å². The first-order chi connectivity index (χ1) is 14.1. The lowest BCUT2D eigenvalue weighted by Gasteiger charge is -2.25. The molecule has 1 aliphatic rings. The molecule has 0 saturated heterocycles. The summed E-state index contributed by atoms with van der Waals surface area (Å²) in [5.74, 6) is 3.17. The van der Waals surface area contributed by atoms with Crippen molar-refractivity contribution in [3.63, 3.8) is 0 Å². The highest BCUT2D eigenvalue weighted by Crippen LogP contribution is 2.35. The van der Waals surface area contributed by atoms with Crippen LogP contribution in [0, 0.1) is 0 Å². The SMILES string of the molecule is Cn1c(SC[C@H](O)COc2ccc(Cl)cc2)nnc1[C@@H]1COc2ccccc2O1. The highest BCUT2D eigenvalue weighted by atomic mass is 35.5. The Labute approximate surface area is 177 Å². The first-order valence-corrected chi connectivity index (χ1v) is 10.4. The third kappa shape index (κ3) is 4.77. The van der Waals surface area contributed by atoms with Crippen LogP contribution in [0.3, 0.4) is 0 Å². The van der Waals surface area contributed by atoms with Gasteiger partial charge in [-0.15, -0.1) is 10.2 Å². The van der Waals surface area contributed by atoms with Crippen molar-refractivity contribution in [3.8, 4) is 17.2 Å². The van der Waals surface area contributed by atoms with E-state index in [4.69, 9.17) is 25.8 Å². The van der Waals surface area contributed by atoms with E-state index < -0.39 is 6.10 Å². The molecule has 152 valence electrons. The predicted octanol–water partition coefficient (Wildman–Crippen LogP) is 3.51. The van der Waals surface area contributed by atoms with Gasteiger partial charge in [0.15, 0.2) is 28.6 Å². The van der Waals surface area contributed by atoms with Crippen molar-refractivity contribution in [2.45, 2.75) is 17.4 Å². The predicted molar refractivity (Wildman–Crippen MR) is 110 cm³/mol. The van der Waals surface area contributed by atoms with Crippen molar-refractivity contribution in [2.24, 2.45) is 7.05 Å². The standard InChI is InChI=1S/C20H20ClN3O4S/c1-24-19(18-11-27-16-4-2-3-5-17(16)28-18)22-23-20(24)29-12-14(25)10-26-15-8-6-13(21)7-9-15/h2-9,14,18,25H,10-12H2,1H3/t14-,18+/m1/s1. The third-order valence-electron chi connectivity index (χ3n) is 4.33. The fourth-order valence-electron chi connectivity index (χ4n) is 2.82. The van der Waals surface area contributed by atoms with Crippen LogP contribution in [0.1, 0.15) is 11.9 Å². The largest absolute Gasteiger partial charge is 0.491 e. The first kappa shape index (κ1) is 19.9. The molecule has 0 bridgehead atoms. The molecule has 4 rings (SSSR count). The Balaban J connectivity index is 1.31. The van der Waals surface area contributed by atoms with Gasteiger partial charge in [-0.05, 0) is 36.4 Å². The number of thioether (sulfide) groups is 1. The van der Waals surface area contributed by atoms with E-state index in [2.05, 4.69) is 10.2 Å². The van der Waals surface area contributed by atoms with Gasteiger partial charge >= 0.3 is 0 Å². The molecule has 3 aromatic rings. The van der Waals surface area contributed by atoms with Crippen LogP contribution >= 0.6 is 23.4 Å². The molecule has 0 fully saturated rings. The first-order valence-electron chi connectivity index (χ1n) is 9.07. The molecule has 0 saturated carbocycles. The molecule has 2 atom stereocenters. The van der Waals surface area contributed by atoms with Crippen molar-refractivity contribution in [2.75, 3.05) is 19.0 Å². The molecule has 2 aromatic carbocycles. The van der Waals surface area contributed by atoms with E-state index in [1.807, 2.05) is 35.9 Å². The molecule has 0 spiro atoms. The Morgan fingerprint density at radius 1 is 1.21 bits per heavy atom. The van der Waals surface area contributed by atoms with Crippen LogP contribution in [0.15, 0.2) is 53.7 Å². The van der Waals surface area contributed by atoms with Crippen molar-refractivity contribution in [1.82, 2.24) is 14.8 Å². The molecular formula is C20H20ClN3O4S. The maximum absolute atomic E-state index is 10.2. The second-order valence-corrected chi connectivity index (χ2v) is 7.92. The highest BCUT2D eigenvalue weighted by molar-refractivity contribution is 7.99. The molecule has 7 nitrogen and oxygen atoms in total. The topological polar surface area (TPSA) is 78.6 Å². The fourth-order valence-corrected chi connectivity index (χ4v) is 3.77. The average molecular weight is 434 g/mol. The molecule has 1 N–H and O–H groups in total. The molecular weight excluding hydrogens is 414 g/mol. The van der Waals surface area contributed by atoms with Gasteiger partial charge in [-0.2, -0.15) is 0 Å². The number of benzene rings is 2. The van der Waals surface area contributed by atoms with E-state index in [0.717, 1.165) is 5.75 Å². The van der Waals surface area contributed by atoms with Crippen LogP contribution in [-0.4, -0.2) is 44.9 Å². The van der Waals surface area contributed by atoms with Crippen LogP contribution in [0.4, 0.5) is 0 Å². The quantitative estimate of drug-likeness (QED) is 0.571. The van der Waals surface area contributed by atoms with Crippen molar-refractivity contribution in [3.05, 3.63) is 59.4 Å². The summed E-state index contributed by atoms with van der Waals surface area (Å²) in [5.41, 5.74) is 0. The normalized spacial score (nSPS) is 16.4. The monoisotopic (exact) mass is 433 g/mol. The van der Waals surface area contributed by atoms with E-state index in [9.17, 15) is 5.11 Å². The summed E-state index contributed by atoms with van der Waals surface area (Å²) in [6.07, 6.45) is -0.994. The zero-order valence-corrected chi connectivity index (χ0v) is 17.3. The van der Waals surface area contributed by atoms with E-state index >= 15 is 0 Å². The van der Waals surface area contributed by atoms with Crippen LogP contribution in [-0.2, 0) is 7.05 Å². The summed E-state index contributed by atoms with van der Waals surface area (Å²) in [5, 5.41) is 20.0. The lowest BCUT2D eigenvalue weighted by molar-refractivity contribution is 0.0825. The zero-order valence-electron chi connectivity index (χ0n) is 15.7. The number of nitrogens with zero attached hydrogens (tertiary/aromatic N) is 3. The van der Waals surface area contributed by atoms with Crippen molar-refractivity contribution < 1.29 is 19.3 Å². The average Bonchev–Trinajstić information content (AvgIpc) is 3.12. The van der Waals surface area contributed by atoms with E-state index in [1.54, 1.807) is 24.3 Å². The minimum atomic E-state index is -0.656. The number of aromatic nitrogens is 3. The maximum Gasteiger partial charge on any atom is 0.192 e. The minimum Gasteiger partial charge on any atom is -0.491 e. The molecule has 1 aliphatic heterocycles. The van der Waals surface area contributed by atoms with Gasteiger partial charge in [-0.25, -0.2) is 0 Å². The van der Waals surface area contributed by atoms with Gasteiger partial charge in [-0.3, -0.25) is 0 Å². The molecule has 0 radical (unpaired) electrons. The maximum atomic E-state index is 10.2. The van der Waals surface area contributed by atoms with E-state index in [0.29, 0.717) is 39.9 Å². The fraction of sp³-hybridized carbons (Fsp3) is 0.300. The molecule has 2 heterocycles. The summed E-state index contributed by atoms with van der Waals surface area (Å²) >= 11 is 7.25. The molecule has 1 aromatic heterocycles. The molecule has 29 heavy (non-hydrogen) atoms. The smallest absolute Gasteiger partial charge is 0.192 e. The third-order valence-corrected chi connectivity index (χ3v) is 5.74. The number of ether oxygens (including phenoxy) is 3. The minimum absolute atomic E-state index is 0.176. The molecule has 9 heteroatoms. The van der Waals surface area contributed by atoms with Gasteiger partial charge in [0.25, 0.3) is 0 Å². The number of hydrogen-bond donors (Lipinski definition) is 1. The van der Waals surface area contributed by atoms with Gasteiger partial charge in [0.05, 0.1) is 6.10 Å². The van der Waals surface area contributed by atoms with Gasteiger partial charge in [0.2, 0.25) is 0 Å². The Morgan fingerprint density at radius 2 is 1.97 bits per heavy atom. The summed E-state index contributed by atoms with van der Waals surface area (Å²) in [6.45, 7) is 0.543. The number of aliphatic hydroxyl groups excluding tert-OH is 1. The second-order valence-electron chi connectivity index (χ2n) is 6.49. The van der Waals surface area contributed by atoms with E-state index in [1.165, 1.54) is 11.8 Å². The van der Waals surface area contributed by atoms with Crippen LogP contribution in [0.5, 0.6) is 17.2 Å². The molecule has 0 unspecified atom stereocenters. The Hall–Kier alpha value is -2.42. The van der Waals surface area contributed by atoms with Gasteiger partial charge in [0.1, 0.15) is 19.0 Å². The Kier molecular flexibility index (Phi) is 6.13. The van der Waals surface area contributed by atoms with Gasteiger partial charge in [-0.1, -0.05) is 35.5 Å². The van der Waals surface area contributed by atoms with Crippen molar-refractivity contribution in [1.29, 1.82) is 0 Å². The van der Waals surface area contributed by atoms with Crippen LogP contribution in [0.2, 0.25) is 5.02 Å².